The standard InChI is InChI=1S/C22H39NO4Si/c1-16(14-19(24)15-27-28(7,8)22(3,4)5)21(26)23(6)17(2)20(25)18-12-10-9-11-13-18/h9-13,16-17,19-20,24-25H,14-15H2,1-8H3/t16-,17-,19-,20+/m0/s1. The van der Waals surface area contributed by atoms with Gasteiger partial charge in [0.1, 0.15) is 0 Å². The lowest BCUT2D eigenvalue weighted by Gasteiger charge is -2.37. The van der Waals surface area contributed by atoms with Crippen LogP contribution in [0.2, 0.25) is 18.1 Å². The predicted octanol–water partition coefficient (Wildman–Crippen LogP) is 3.98. The van der Waals surface area contributed by atoms with Gasteiger partial charge in [-0.05, 0) is 37.0 Å². The first-order chi connectivity index (χ1) is 12.8. The zero-order valence-electron chi connectivity index (χ0n) is 18.8. The maximum Gasteiger partial charge on any atom is 0.225 e. The number of likely N-dealkylation sites (N-methyl/N-ethyl adjacent to an activating group) is 1. The normalized spacial score (nSPS) is 16.9. The van der Waals surface area contributed by atoms with Gasteiger partial charge in [-0.25, -0.2) is 0 Å². The second kappa shape index (κ2) is 10.0. The van der Waals surface area contributed by atoms with E-state index in [4.69, 9.17) is 4.43 Å². The summed E-state index contributed by atoms with van der Waals surface area (Å²) in [4.78, 5) is 14.4. The third-order valence-corrected chi connectivity index (χ3v) is 10.5. The number of amides is 1. The zero-order chi connectivity index (χ0) is 21.7. The minimum Gasteiger partial charge on any atom is -0.414 e. The number of carbonyl (C=O) groups is 1. The Kier molecular flexibility index (Phi) is 8.87. The van der Waals surface area contributed by atoms with Crippen molar-refractivity contribution in [2.45, 2.75) is 77.4 Å². The summed E-state index contributed by atoms with van der Waals surface area (Å²) in [5, 5.41) is 21.0. The molecule has 0 fully saturated rings. The van der Waals surface area contributed by atoms with Gasteiger partial charge in [0.15, 0.2) is 8.32 Å². The Morgan fingerprint density at radius 3 is 2.18 bits per heavy atom. The van der Waals surface area contributed by atoms with E-state index in [2.05, 4.69) is 33.9 Å². The van der Waals surface area contributed by atoms with Crippen molar-refractivity contribution < 1.29 is 19.4 Å². The Morgan fingerprint density at radius 2 is 1.68 bits per heavy atom. The molecule has 0 saturated carbocycles. The second-order valence-corrected chi connectivity index (χ2v) is 14.2. The Bertz CT molecular complexity index is 615. The number of nitrogens with zero attached hydrogens (tertiary/aromatic N) is 1. The van der Waals surface area contributed by atoms with Gasteiger partial charge in [-0.3, -0.25) is 4.79 Å². The molecule has 1 rings (SSSR count). The van der Waals surface area contributed by atoms with Crippen molar-refractivity contribution in [3.63, 3.8) is 0 Å². The molecule has 0 spiro atoms. The maximum absolute atomic E-state index is 12.8. The average molecular weight is 410 g/mol. The highest BCUT2D eigenvalue weighted by atomic mass is 28.4. The molecule has 0 aliphatic rings. The first-order valence-corrected chi connectivity index (χ1v) is 13.0. The number of carbonyl (C=O) groups excluding carboxylic acids is 1. The summed E-state index contributed by atoms with van der Waals surface area (Å²) in [7, 11) is -0.224. The number of aliphatic hydroxyl groups is 2. The van der Waals surface area contributed by atoms with Crippen LogP contribution < -0.4 is 0 Å². The molecule has 0 aliphatic carbocycles. The summed E-state index contributed by atoms with van der Waals surface area (Å²) in [6.07, 6.45) is -1.10. The van der Waals surface area contributed by atoms with E-state index >= 15 is 0 Å². The van der Waals surface area contributed by atoms with Crippen molar-refractivity contribution in [2.75, 3.05) is 13.7 Å². The molecule has 2 N–H and O–H groups in total. The topological polar surface area (TPSA) is 70.0 Å². The maximum atomic E-state index is 12.8. The SMILES string of the molecule is C[C@@H](C[C@H](O)CO[Si](C)(C)C(C)(C)C)C(=O)N(C)[C@@H](C)[C@@H](O)c1ccccc1. The monoisotopic (exact) mass is 409 g/mol. The first kappa shape index (κ1) is 24.8. The van der Waals surface area contributed by atoms with E-state index in [0.29, 0.717) is 6.42 Å². The molecular formula is C22H39NO4Si. The molecular weight excluding hydrogens is 370 g/mol. The van der Waals surface area contributed by atoms with Crippen LogP contribution >= 0.6 is 0 Å². The Hall–Kier alpha value is -1.21. The third kappa shape index (κ3) is 6.69. The summed E-state index contributed by atoms with van der Waals surface area (Å²) < 4.78 is 6.06. The fraction of sp³-hybridized carbons (Fsp3) is 0.682. The number of hydrogen-bond acceptors (Lipinski definition) is 4. The van der Waals surface area contributed by atoms with Crippen LogP contribution in [-0.2, 0) is 9.22 Å². The Morgan fingerprint density at radius 1 is 1.14 bits per heavy atom. The van der Waals surface area contributed by atoms with Crippen molar-refractivity contribution in [3.8, 4) is 0 Å². The molecule has 4 atom stereocenters. The van der Waals surface area contributed by atoms with E-state index in [1.54, 1.807) is 11.9 Å². The van der Waals surface area contributed by atoms with Gasteiger partial charge in [0.2, 0.25) is 5.91 Å². The minimum atomic E-state index is -1.93. The van der Waals surface area contributed by atoms with E-state index in [1.165, 1.54) is 0 Å². The first-order valence-electron chi connectivity index (χ1n) is 10.1. The van der Waals surface area contributed by atoms with Crippen LogP contribution in [0.15, 0.2) is 30.3 Å². The third-order valence-electron chi connectivity index (χ3n) is 6.05. The number of hydrogen-bond donors (Lipinski definition) is 2. The molecule has 0 radical (unpaired) electrons. The van der Waals surface area contributed by atoms with Crippen LogP contribution in [0.25, 0.3) is 0 Å². The fourth-order valence-corrected chi connectivity index (χ4v) is 3.83. The largest absolute Gasteiger partial charge is 0.414 e. The quantitative estimate of drug-likeness (QED) is 0.605. The lowest BCUT2D eigenvalue weighted by molar-refractivity contribution is -0.139. The Balaban J connectivity index is 2.61. The van der Waals surface area contributed by atoms with E-state index in [-0.39, 0.29) is 29.5 Å². The molecule has 160 valence electrons. The summed E-state index contributed by atoms with van der Waals surface area (Å²) in [5.74, 6) is -0.442. The molecule has 0 aliphatic heterocycles. The average Bonchev–Trinajstić information content (AvgIpc) is 2.63. The van der Waals surface area contributed by atoms with Crippen molar-refractivity contribution >= 4 is 14.2 Å². The minimum absolute atomic E-state index is 0.0807. The van der Waals surface area contributed by atoms with E-state index in [1.807, 2.05) is 44.2 Å². The summed E-state index contributed by atoms with van der Waals surface area (Å²) in [6, 6.07) is 8.97. The lowest BCUT2D eigenvalue weighted by Crippen LogP contribution is -2.44. The molecule has 1 aromatic carbocycles. The van der Waals surface area contributed by atoms with Gasteiger partial charge in [-0.1, -0.05) is 58.0 Å². The Labute approximate surface area is 171 Å². The van der Waals surface area contributed by atoms with Gasteiger partial charge in [-0.2, -0.15) is 0 Å². The molecule has 28 heavy (non-hydrogen) atoms. The van der Waals surface area contributed by atoms with Gasteiger partial charge >= 0.3 is 0 Å². The zero-order valence-corrected chi connectivity index (χ0v) is 19.8. The highest BCUT2D eigenvalue weighted by molar-refractivity contribution is 6.74. The van der Waals surface area contributed by atoms with Crippen LogP contribution in [0.1, 0.15) is 52.7 Å². The molecule has 0 aromatic heterocycles. The lowest BCUT2D eigenvalue weighted by atomic mass is 9.99. The van der Waals surface area contributed by atoms with Gasteiger partial charge in [-0.15, -0.1) is 0 Å². The number of rotatable bonds is 9. The fourth-order valence-electron chi connectivity index (χ4n) is 2.79. The summed E-state index contributed by atoms with van der Waals surface area (Å²) >= 11 is 0. The second-order valence-electron chi connectivity index (χ2n) is 9.41. The van der Waals surface area contributed by atoms with Crippen molar-refractivity contribution in [2.24, 2.45) is 5.92 Å². The van der Waals surface area contributed by atoms with Gasteiger partial charge in [0, 0.05) is 13.0 Å². The number of aliphatic hydroxyl groups excluding tert-OH is 2. The molecule has 0 heterocycles. The molecule has 6 heteroatoms. The van der Waals surface area contributed by atoms with Crippen molar-refractivity contribution in [3.05, 3.63) is 35.9 Å². The summed E-state index contributed by atoms with van der Waals surface area (Å²) in [5.41, 5.74) is 0.783. The van der Waals surface area contributed by atoms with Crippen LogP contribution in [0.3, 0.4) is 0 Å². The van der Waals surface area contributed by atoms with Gasteiger partial charge in [0.25, 0.3) is 0 Å². The van der Waals surface area contributed by atoms with Crippen molar-refractivity contribution in [1.29, 1.82) is 0 Å². The smallest absolute Gasteiger partial charge is 0.225 e. The predicted molar refractivity (Wildman–Crippen MR) is 117 cm³/mol. The van der Waals surface area contributed by atoms with Crippen LogP contribution in [0, 0.1) is 5.92 Å². The molecule has 1 amide bonds. The van der Waals surface area contributed by atoms with Crippen LogP contribution in [0.5, 0.6) is 0 Å². The van der Waals surface area contributed by atoms with E-state index < -0.39 is 20.5 Å². The highest BCUT2D eigenvalue weighted by Gasteiger charge is 2.37. The van der Waals surface area contributed by atoms with E-state index in [0.717, 1.165) is 5.56 Å². The molecule has 1 aromatic rings. The molecule has 0 bridgehead atoms. The van der Waals surface area contributed by atoms with Gasteiger partial charge in [0.05, 0.1) is 24.9 Å². The van der Waals surface area contributed by atoms with E-state index in [9.17, 15) is 15.0 Å². The van der Waals surface area contributed by atoms with Crippen LogP contribution in [0.4, 0.5) is 0 Å². The molecule has 5 nitrogen and oxygen atoms in total. The van der Waals surface area contributed by atoms with Gasteiger partial charge < -0.3 is 19.5 Å². The number of benzene rings is 1. The molecule has 0 saturated heterocycles. The van der Waals surface area contributed by atoms with Crippen molar-refractivity contribution in [1.82, 2.24) is 4.90 Å². The van der Waals surface area contributed by atoms with Crippen LogP contribution in [-0.4, -0.2) is 55.1 Å². The molecule has 0 unspecified atom stereocenters. The summed E-state index contributed by atoms with van der Waals surface area (Å²) in [6.45, 7) is 14.7. The highest BCUT2D eigenvalue weighted by Crippen LogP contribution is 2.36.